The molecule has 1 aliphatic heterocycles. The second-order valence-electron chi connectivity index (χ2n) is 9.13. The van der Waals surface area contributed by atoms with Crippen LogP contribution < -0.4 is 0 Å². The van der Waals surface area contributed by atoms with Gasteiger partial charge in [0.15, 0.2) is 6.10 Å². The lowest BCUT2D eigenvalue weighted by Gasteiger charge is -2.32. The summed E-state index contributed by atoms with van der Waals surface area (Å²) in [7, 11) is 0. The molecule has 0 aromatic heterocycles. The van der Waals surface area contributed by atoms with Crippen molar-refractivity contribution in [2.24, 2.45) is 5.41 Å². The zero-order chi connectivity index (χ0) is 24.8. The molecule has 0 aromatic rings. The zero-order valence-corrected chi connectivity index (χ0v) is 19.9. The minimum Gasteiger partial charge on any atom is -0.499 e. The third-order valence-corrected chi connectivity index (χ3v) is 5.79. The van der Waals surface area contributed by atoms with Crippen LogP contribution in [0.5, 0.6) is 0 Å². The van der Waals surface area contributed by atoms with Gasteiger partial charge in [-0.15, -0.1) is 0 Å². The molecule has 2 aliphatic rings. The van der Waals surface area contributed by atoms with E-state index in [0.717, 1.165) is 12.0 Å². The molecule has 0 aromatic carbocycles. The first-order valence-corrected chi connectivity index (χ1v) is 11.0. The molecule has 0 spiro atoms. The van der Waals surface area contributed by atoms with Crippen LogP contribution in [0, 0.1) is 5.41 Å². The van der Waals surface area contributed by atoms with E-state index in [4.69, 9.17) is 14.6 Å². The van der Waals surface area contributed by atoms with Crippen LogP contribution in [0.1, 0.15) is 53.9 Å². The molecule has 0 saturated carbocycles. The van der Waals surface area contributed by atoms with Crippen molar-refractivity contribution in [3.8, 4) is 0 Å². The first-order valence-electron chi connectivity index (χ1n) is 11.0. The van der Waals surface area contributed by atoms with E-state index in [2.05, 4.69) is 32.9 Å². The summed E-state index contributed by atoms with van der Waals surface area (Å²) in [6, 6.07) is 0. The number of carbonyl (C=O) groups excluding carboxylic acids is 2. The van der Waals surface area contributed by atoms with Crippen molar-refractivity contribution < 1.29 is 34.4 Å². The van der Waals surface area contributed by atoms with Gasteiger partial charge < -0.3 is 24.8 Å². The SMILES string of the molecule is CC(C=CC1=C(C)CCCC1(C)C)=CC=CC(C)=CC(=O)OC1=C(O)C(=O)O[C@@H]1[C@@H](O)CO. The van der Waals surface area contributed by atoms with Gasteiger partial charge in [-0.2, -0.15) is 0 Å². The van der Waals surface area contributed by atoms with Crippen molar-refractivity contribution in [1.29, 1.82) is 0 Å². The Labute approximate surface area is 195 Å². The third kappa shape index (κ3) is 7.04. The van der Waals surface area contributed by atoms with Crippen LogP contribution in [0.15, 0.2) is 70.3 Å². The molecule has 7 heteroatoms. The molecule has 0 unspecified atom stereocenters. The van der Waals surface area contributed by atoms with Crippen LogP contribution in [0.2, 0.25) is 0 Å². The topological polar surface area (TPSA) is 113 Å². The van der Waals surface area contributed by atoms with Crippen molar-refractivity contribution in [2.75, 3.05) is 6.61 Å². The quantitative estimate of drug-likeness (QED) is 0.285. The van der Waals surface area contributed by atoms with E-state index in [1.54, 1.807) is 13.0 Å². The Bertz CT molecular complexity index is 957. The van der Waals surface area contributed by atoms with Gasteiger partial charge >= 0.3 is 11.9 Å². The highest BCUT2D eigenvalue weighted by Crippen LogP contribution is 2.40. The number of aliphatic hydroxyl groups excluding tert-OH is 3. The van der Waals surface area contributed by atoms with Gasteiger partial charge in [0, 0.05) is 6.08 Å². The largest absolute Gasteiger partial charge is 0.499 e. The molecular formula is C26H34O7. The molecular weight excluding hydrogens is 424 g/mol. The van der Waals surface area contributed by atoms with E-state index in [1.807, 2.05) is 19.1 Å². The number of ether oxygens (including phenoxy) is 2. The van der Waals surface area contributed by atoms with Crippen molar-refractivity contribution in [2.45, 2.75) is 66.1 Å². The first kappa shape index (κ1) is 26.4. The lowest BCUT2D eigenvalue weighted by molar-refractivity contribution is -0.150. The molecule has 33 heavy (non-hydrogen) atoms. The van der Waals surface area contributed by atoms with Crippen molar-refractivity contribution in [3.63, 3.8) is 0 Å². The van der Waals surface area contributed by atoms with Crippen LogP contribution in [-0.4, -0.2) is 46.1 Å². The monoisotopic (exact) mass is 458 g/mol. The highest BCUT2D eigenvalue weighted by atomic mass is 16.6. The molecule has 3 N–H and O–H groups in total. The van der Waals surface area contributed by atoms with E-state index in [-0.39, 0.29) is 5.41 Å². The predicted molar refractivity (Wildman–Crippen MR) is 125 cm³/mol. The molecule has 2 rings (SSSR count). The maximum Gasteiger partial charge on any atom is 0.378 e. The summed E-state index contributed by atoms with van der Waals surface area (Å²) < 4.78 is 9.71. The zero-order valence-electron chi connectivity index (χ0n) is 19.9. The second-order valence-corrected chi connectivity index (χ2v) is 9.13. The second kappa shape index (κ2) is 11.3. The van der Waals surface area contributed by atoms with Gasteiger partial charge in [-0.05, 0) is 56.6 Å². The Morgan fingerprint density at radius 2 is 1.97 bits per heavy atom. The number of aliphatic hydroxyl groups is 3. The molecule has 0 fully saturated rings. The number of hydrogen-bond acceptors (Lipinski definition) is 7. The first-order chi connectivity index (χ1) is 15.5. The lowest BCUT2D eigenvalue weighted by Crippen LogP contribution is -2.33. The van der Waals surface area contributed by atoms with Gasteiger partial charge in [0.2, 0.25) is 11.5 Å². The highest BCUT2D eigenvalue weighted by molar-refractivity contribution is 5.91. The number of hydrogen-bond donors (Lipinski definition) is 3. The molecule has 2 atom stereocenters. The van der Waals surface area contributed by atoms with Gasteiger partial charge in [-0.1, -0.05) is 55.4 Å². The predicted octanol–water partition coefficient (Wildman–Crippen LogP) is 4.11. The van der Waals surface area contributed by atoms with Gasteiger partial charge in [0.1, 0.15) is 6.10 Å². The average Bonchev–Trinajstić information content (AvgIpc) is 3.00. The Kier molecular flexibility index (Phi) is 9.02. The van der Waals surface area contributed by atoms with Gasteiger partial charge in [0.05, 0.1) is 6.61 Å². The highest BCUT2D eigenvalue weighted by Gasteiger charge is 2.41. The molecule has 1 aliphatic carbocycles. The molecule has 0 amide bonds. The van der Waals surface area contributed by atoms with E-state index in [1.165, 1.54) is 30.1 Å². The average molecular weight is 459 g/mol. The summed E-state index contributed by atoms with van der Waals surface area (Å²) in [5.41, 5.74) is 4.64. The van der Waals surface area contributed by atoms with Crippen LogP contribution >= 0.6 is 0 Å². The summed E-state index contributed by atoms with van der Waals surface area (Å²) >= 11 is 0. The van der Waals surface area contributed by atoms with Crippen LogP contribution in [0.25, 0.3) is 0 Å². The van der Waals surface area contributed by atoms with Crippen molar-refractivity contribution >= 4 is 11.9 Å². The summed E-state index contributed by atoms with van der Waals surface area (Å²) in [6.45, 7) is 9.70. The number of carbonyl (C=O) groups is 2. The summed E-state index contributed by atoms with van der Waals surface area (Å²) in [5.74, 6) is -3.41. The molecule has 0 bridgehead atoms. The smallest absolute Gasteiger partial charge is 0.378 e. The van der Waals surface area contributed by atoms with Crippen molar-refractivity contribution in [1.82, 2.24) is 0 Å². The fourth-order valence-corrected chi connectivity index (χ4v) is 3.92. The Morgan fingerprint density at radius 3 is 2.61 bits per heavy atom. The number of rotatable bonds is 8. The fraction of sp³-hybridized carbons (Fsp3) is 0.462. The molecule has 0 radical (unpaired) electrons. The van der Waals surface area contributed by atoms with E-state index < -0.39 is 42.3 Å². The van der Waals surface area contributed by atoms with E-state index in [9.17, 15) is 19.8 Å². The maximum atomic E-state index is 12.2. The normalized spacial score (nSPS) is 23.0. The number of cyclic esters (lactones) is 1. The van der Waals surface area contributed by atoms with Crippen LogP contribution in [0.4, 0.5) is 0 Å². The fourth-order valence-electron chi connectivity index (χ4n) is 3.92. The summed E-state index contributed by atoms with van der Waals surface area (Å²) in [6.07, 6.45) is 11.5. The van der Waals surface area contributed by atoms with Gasteiger partial charge in [0.25, 0.3) is 0 Å². The van der Waals surface area contributed by atoms with Gasteiger partial charge in [-0.3, -0.25) is 0 Å². The lowest BCUT2D eigenvalue weighted by atomic mass is 9.72. The Hall–Kier alpha value is -2.90. The van der Waals surface area contributed by atoms with E-state index >= 15 is 0 Å². The molecule has 180 valence electrons. The summed E-state index contributed by atoms with van der Waals surface area (Å²) in [4.78, 5) is 23.6. The van der Waals surface area contributed by atoms with Crippen molar-refractivity contribution in [3.05, 3.63) is 70.3 Å². The van der Waals surface area contributed by atoms with Crippen LogP contribution in [-0.2, 0) is 19.1 Å². The minimum absolute atomic E-state index is 0.180. The van der Waals surface area contributed by atoms with E-state index in [0.29, 0.717) is 5.57 Å². The summed E-state index contributed by atoms with van der Waals surface area (Å²) in [5, 5.41) is 28.5. The standard InChI is InChI=1S/C26H34O7/c1-16(11-12-19-18(3)10-7-13-26(19,4)5)8-6-9-17(2)14-21(29)32-24-22(30)25(31)33-23(24)20(28)15-27/h6,8-9,11-12,14,20,23,27-28,30H,7,10,13,15H2,1-5H3/t20-,23+/m0/s1. The number of allylic oxidation sites excluding steroid dienone is 9. The van der Waals surface area contributed by atoms with Gasteiger partial charge in [-0.25, -0.2) is 9.59 Å². The number of esters is 2. The minimum atomic E-state index is -1.52. The third-order valence-electron chi connectivity index (χ3n) is 5.79. The van der Waals surface area contributed by atoms with Crippen LogP contribution in [0.3, 0.4) is 0 Å². The molecule has 7 nitrogen and oxygen atoms in total. The Balaban J connectivity index is 2.02. The Morgan fingerprint density at radius 1 is 1.27 bits per heavy atom. The maximum absolute atomic E-state index is 12.2. The molecule has 1 heterocycles. The molecule has 0 saturated heterocycles.